The second-order valence-corrected chi connectivity index (χ2v) is 4.94. The van der Waals surface area contributed by atoms with Gasteiger partial charge in [-0.2, -0.15) is 0 Å². The molecule has 1 aromatic carbocycles. The van der Waals surface area contributed by atoms with Crippen LogP contribution in [0.15, 0.2) is 24.3 Å². The van der Waals surface area contributed by atoms with Crippen LogP contribution in [-0.4, -0.2) is 24.1 Å². The van der Waals surface area contributed by atoms with Crippen molar-refractivity contribution in [2.24, 2.45) is 5.92 Å². The number of methoxy groups -OCH3 is 1. The molecule has 0 aromatic heterocycles. The molecule has 0 heterocycles. The lowest BCUT2D eigenvalue weighted by atomic mass is 10.0. The molecule has 2 unspecified atom stereocenters. The molecule has 2 atom stereocenters. The SMILES string of the molecule is COc1ccccc1C(C)NC(=O)CC(C)CC(=O)O. The fraction of sp³-hybridized carbons (Fsp3) is 0.467. The molecule has 1 rings (SSSR count). The fourth-order valence-corrected chi connectivity index (χ4v) is 2.09. The Balaban J connectivity index is 2.59. The predicted molar refractivity (Wildman–Crippen MR) is 75.6 cm³/mol. The van der Waals surface area contributed by atoms with Crippen molar-refractivity contribution in [2.45, 2.75) is 32.7 Å². The Labute approximate surface area is 118 Å². The first-order valence-corrected chi connectivity index (χ1v) is 6.58. The number of carboxylic acids is 1. The Bertz CT molecular complexity index is 473. The number of nitrogens with one attached hydrogen (secondary N) is 1. The lowest BCUT2D eigenvalue weighted by Crippen LogP contribution is -2.28. The molecule has 1 aromatic rings. The number of aliphatic carboxylic acids is 1. The monoisotopic (exact) mass is 279 g/mol. The number of carboxylic acid groups (broad SMARTS) is 1. The highest BCUT2D eigenvalue weighted by atomic mass is 16.5. The van der Waals surface area contributed by atoms with Gasteiger partial charge in [-0.3, -0.25) is 9.59 Å². The number of hydrogen-bond acceptors (Lipinski definition) is 3. The highest BCUT2D eigenvalue weighted by Crippen LogP contribution is 2.24. The Kier molecular flexibility index (Phi) is 6.03. The maximum absolute atomic E-state index is 11.9. The fourth-order valence-electron chi connectivity index (χ4n) is 2.09. The molecular formula is C15H21NO4. The van der Waals surface area contributed by atoms with Gasteiger partial charge in [-0.15, -0.1) is 0 Å². The van der Waals surface area contributed by atoms with E-state index in [9.17, 15) is 9.59 Å². The van der Waals surface area contributed by atoms with Crippen LogP contribution in [0.25, 0.3) is 0 Å². The van der Waals surface area contributed by atoms with Crippen LogP contribution in [0.2, 0.25) is 0 Å². The third-order valence-corrected chi connectivity index (χ3v) is 3.04. The van der Waals surface area contributed by atoms with Crippen molar-refractivity contribution >= 4 is 11.9 Å². The standard InChI is InChI=1S/C15H21NO4/c1-10(9-15(18)19)8-14(17)16-11(2)12-6-4-5-7-13(12)20-3/h4-7,10-11H,8-9H2,1-3H3,(H,16,17)(H,18,19). The number of ether oxygens (including phenoxy) is 1. The van der Waals surface area contributed by atoms with Crippen molar-refractivity contribution in [3.05, 3.63) is 29.8 Å². The van der Waals surface area contributed by atoms with Gasteiger partial charge in [0.15, 0.2) is 0 Å². The van der Waals surface area contributed by atoms with Gasteiger partial charge in [-0.25, -0.2) is 0 Å². The van der Waals surface area contributed by atoms with Crippen molar-refractivity contribution in [3.8, 4) is 5.75 Å². The molecule has 2 N–H and O–H groups in total. The lowest BCUT2D eigenvalue weighted by Gasteiger charge is -2.18. The van der Waals surface area contributed by atoms with Gasteiger partial charge in [0, 0.05) is 18.4 Å². The van der Waals surface area contributed by atoms with E-state index < -0.39 is 5.97 Å². The van der Waals surface area contributed by atoms with Crippen LogP contribution < -0.4 is 10.1 Å². The van der Waals surface area contributed by atoms with Gasteiger partial charge >= 0.3 is 5.97 Å². The van der Waals surface area contributed by atoms with Gasteiger partial charge in [0.2, 0.25) is 5.91 Å². The van der Waals surface area contributed by atoms with Gasteiger partial charge in [-0.05, 0) is 18.9 Å². The second kappa shape index (κ2) is 7.53. The molecule has 0 fully saturated rings. The number of rotatable bonds is 7. The molecular weight excluding hydrogens is 258 g/mol. The summed E-state index contributed by atoms with van der Waals surface area (Å²) in [4.78, 5) is 22.4. The Morgan fingerprint density at radius 2 is 1.90 bits per heavy atom. The summed E-state index contributed by atoms with van der Waals surface area (Å²) < 4.78 is 5.25. The normalized spacial score (nSPS) is 13.3. The van der Waals surface area contributed by atoms with Crippen LogP contribution in [0.1, 0.15) is 38.3 Å². The summed E-state index contributed by atoms with van der Waals surface area (Å²) in [6.07, 6.45) is 0.197. The minimum absolute atomic E-state index is 0.00351. The first kappa shape index (κ1) is 16.0. The predicted octanol–water partition coefficient (Wildman–Crippen LogP) is 2.37. The molecule has 1 amide bonds. The van der Waals surface area contributed by atoms with E-state index in [0.29, 0.717) is 0 Å². The number of para-hydroxylation sites is 1. The van der Waals surface area contributed by atoms with Crippen LogP contribution in [0.5, 0.6) is 5.75 Å². The molecule has 5 heteroatoms. The van der Waals surface area contributed by atoms with E-state index in [1.807, 2.05) is 31.2 Å². The number of benzene rings is 1. The molecule has 0 bridgehead atoms. The smallest absolute Gasteiger partial charge is 0.303 e. The molecule has 5 nitrogen and oxygen atoms in total. The summed E-state index contributed by atoms with van der Waals surface area (Å²) in [5, 5.41) is 11.5. The highest BCUT2D eigenvalue weighted by molar-refractivity contribution is 5.77. The van der Waals surface area contributed by atoms with Crippen LogP contribution in [0, 0.1) is 5.92 Å². The van der Waals surface area contributed by atoms with E-state index >= 15 is 0 Å². The molecule has 0 saturated carbocycles. The average molecular weight is 279 g/mol. The maximum Gasteiger partial charge on any atom is 0.303 e. The Morgan fingerprint density at radius 1 is 1.25 bits per heavy atom. The van der Waals surface area contributed by atoms with Gasteiger partial charge < -0.3 is 15.2 Å². The van der Waals surface area contributed by atoms with Crippen LogP contribution in [0.3, 0.4) is 0 Å². The quantitative estimate of drug-likeness (QED) is 0.803. The molecule has 0 spiro atoms. The first-order chi connectivity index (χ1) is 9.43. The van der Waals surface area contributed by atoms with Gasteiger partial charge in [0.1, 0.15) is 5.75 Å². The van der Waals surface area contributed by atoms with Crippen molar-refractivity contribution in [3.63, 3.8) is 0 Å². The summed E-state index contributed by atoms with van der Waals surface area (Å²) in [6, 6.07) is 7.30. The Hall–Kier alpha value is -2.04. The highest BCUT2D eigenvalue weighted by Gasteiger charge is 2.16. The molecule has 20 heavy (non-hydrogen) atoms. The summed E-state index contributed by atoms with van der Waals surface area (Å²) in [5.74, 6) is -0.503. The number of amides is 1. The number of hydrogen-bond donors (Lipinski definition) is 2. The van der Waals surface area contributed by atoms with Crippen molar-refractivity contribution in [1.29, 1.82) is 0 Å². The van der Waals surface area contributed by atoms with E-state index in [4.69, 9.17) is 9.84 Å². The van der Waals surface area contributed by atoms with Crippen molar-refractivity contribution in [1.82, 2.24) is 5.32 Å². The first-order valence-electron chi connectivity index (χ1n) is 6.58. The lowest BCUT2D eigenvalue weighted by molar-refractivity contribution is -0.138. The zero-order valence-corrected chi connectivity index (χ0v) is 12.1. The molecule has 110 valence electrons. The van der Waals surface area contributed by atoms with E-state index in [2.05, 4.69) is 5.32 Å². The zero-order valence-electron chi connectivity index (χ0n) is 12.1. The molecule has 0 saturated heterocycles. The molecule has 0 radical (unpaired) electrons. The van der Waals surface area contributed by atoms with Crippen molar-refractivity contribution in [2.75, 3.05) is 7.11 Å². The third-order valence-electron chi connectivity index (χ3n) is 3.04. The van der Waals surface area contributed by atoms with Crippen LogP contribution in [-0.2, 0) is 9.59 Å². The third kappa shape index (κ3) is 4.91. The maximum atomic E-state index is 11.9. The molecule has 0 aliphatic rings. The van der Waals surface area contributed by atoms with Gasteiger partial charge in [0.05, 0.1) is 13.2 Å². The Morgan fingerprint density at radius 3 is 2.50 bits per heavy atom. The van der Waals surface area contributed by atoms with E-state index in [1.54, 1.807) is 14.0 Å². The van der Waals surface area contributed by atoms with Gasteiger partial charge in [-0.1, -0.05) is 25.1 Å². The van der Waals surface area contributed by atoms with Gasteiger partial charge in [0.25, 0.3) is 0 Å². The number of carbonyl (C=O) groups is 2. The number of carbonyl (C=O) groups excluding carboxylic acids is 1. The van der Waals surface area contributed by atoms with E-state index in [1.165, 1.54) is 0 Å². The van der Waals surface area contributed by atoms with E-state index in [-0.39, 0.29) is 30.7 Å². The zero-order chi connectivity index (χ0) is 15.1. The molecule has 0 aliphatic heterocycles. The largest absolute Gasteiger partial charge is 0.496 e. The average Bonchev–Trinajstić information content (AvgIpc) is 2.37. The summed E-state index contributed by atoms with van der Waals surface area (Å²) in [6.45, 7) is 3.62. The van der Waals surface area contributed by atoms with E-state index in [0.717, 1.165) is 11.3 Å². The summed E-state index contributed by atoms with van der Waals surface area (Å²) >= 11 is 0. The van der Waals surface area contributed by atoms with Crippen LogP contribution in [0.4, 0.5) is 0 Å². The summed E-state index contributed by atoms with van der Waals surface area (Å²) in [7, 11) is 1.59. The summed E-state index contributed by atoms with van der Waals surface area (Å²) in [5.41, 5.74) is 0.897. The molecule has 0 aliphatic carbocycles. The minimum Gasteiger partial charge on any atom is -0.496 e. The van der Waals surface area contributed by atoms with Crippen molar-refractivity contribution < 1.29 is 19.4 Å². The van der Waals surface area contributed by atoms with Crippen LogP contribution >= 0.6 is 0 Å². The second-order valence-electron chi connectivity index (χ2n) is 4.94. The topological polar surface area (TPSA) is 75.6 Å². The minimum atomic E-state index is -0.886.